The van der Waals surface area contributed by atoms with Crippen LogP contribution in [0.5, 0.6) is 0 Å². The Morgan fingerprint density at radius 2 is 2.05 bits per heavy atom. The quantitative estimate of drug-likeness (QED) is 0.659. The van der Waals surface area contributed by atoms with Gasteiger partial charge in [0.05, 0.1) is 10.5 Å². The zero-order chi connectivity index (χ0) is 14.1. The maximum absolute atomic E-state index is 13.5. The van der Waals surface area contributed by atoms with Gasteiger partial charge < -0.3 is 4.57 Å². The number of benzene rings is 2. The minimum atomic E-state index is -0.434. The van der Waals surface area contributed by atoms with Crippen LogP contribution in [0.3, 0.4) is 0 Å². The maximum Gasteiger partial charge on any atom is 0.152 e. The summed E-state index contributed by atoms with van der Waals surface area (Å²) in [6.07, 6.45) is 2.73. The number of para-hydroxylation sites is 1. The van der Waals surface area contributed by atoms with Gasteiger partial charge >= 0.3 is 0 Å². The molecule has 0 N–H and O–H groups in total. The molecule has 0 fully saturated rings. The van der Waals surface area contributed by atoms with Crippen LogP contribution in [-0.4, -0.2) is 10.9 Å². The van der Waals surface area contributed by atoms with Crippen LogP contribution < -0.4 is 0 Å². The Hall–Kier alpha value is -2.13. The van der Waals surface area contributed by atoms with Crippen molar-refractivity contribution < 1.29 is 9.18 Å². The monoisotopic (exact) mass is 287 g/mol. The summed E-state index contributed by atoms with van der Waals surface area (Å²) in [7, 11) is 0. The van der Waals surface area contributed by atoms with Gasteiger partial charge in [0.1, 0.15) is 5.82 Å². The average Bonchev–Trinajstić information content (AvgIpc) is 2.86. The van der Waals surface area contributed by atoms with Crippen LogP contribution in [0.25, 0.3) is 10.9 Å². The van der Waals surface area contributed by atoms with Gasteiger partial charge in [-0.3, -0.25) is 4.79 Å². The van der Waals surface area contributed by atoms with Gasteiger partial charge in [0.25, 0.3) is 0 Å². The lowest BCUT2D eigenvalue weighted by Crippen LogP contribution is -2.00. The van der Waals surface area contributed by atoms with Crippen LogP contribution in [0.15, 0.2) is 48.7 Å². The van der Waals surface area contributed by atoms with E-state index in [0.29, 0.717) is 12.1 Å². The third kappa shape index (κ3) is 2.21. The van der Waals surface area contributed by atoms with E-state index in [1.165, 1.54) is 6.07 Å². The van der Waals surface area contributed by atoms with E-state index < -0.39 is 5.82 Å². The number of carbonyl (C=O) groups is 1. The molecule has 0 amide bonds. The molecule has 0 atom stereocenters. The van der Waals surface area contributed by atoms with Gasteiger partial charge in [-0.25, -0.2) is 4.39 Å². The minimum absolute atomic E-state index is 0.111. The van der Waals surface area contributed by atoms with E-state index in [9.17, 15) is 9.18 Å². The van der Waals surface area contributed by atoms with Crippen molar-refractivity contribution in [3.8, 4) is 0 Å². The lowest BCUT2D eigenvalue weighted by atomic mass is 10.1. The average molecular weight is 288 g/mol. The molecule has 0 aliphatic heterocycles. The van der Waals surface area contributed by atoms with Crippen LogP contribution in [0, 0.1) is 5.82 Å². The number of rotatable bonds is 3. The van der Waals surface area contributed by atoms with E-state index in [4.69, 9.17) is 11.6 Å². The Morgan fingerprint density at radius 3 is 2.80 bits per heavy atom. The largest absolute Gasteiger partial charge is 0.342 e. The van der Waals surface area contributed by atoms with Crippen LogP contribution in [-0.2, 0) is 6.54 Å². The first-order chi connectivity index (χ1) is 9.69. The normalized spacial score (nSPS) is 10.9. The number of aldehydes is 1. The van der Waals surface area contributed by atoms with Crippen LogP contribution in [0.4, 0.5) is 4.39 Å². The first kappa shape index (κ1) is 12.9. The topological polar surface area (TPSA) is 22.0 Å². The van der Waals surface area contributed by atoms with Crippen molar-refractivity contribution in [1.82, 2.24) is 4.57 Å². The summed E-state index contributed by atoms with van der Waals surface area (Å²) in [5, 5.41) is 1.10. The van der Waals surface area contributed by atoms with E-state index in [1.807, 2.05) is 29.0 Å². The molecule has 2 nitrogen and oxygen atoms in total. The standard InChI is InChI=1S/C16H11ClFNO/c17-14-5-4-11(8-15(14)18)9-19-7-6-12-2-1-3-13(10-20)16(12)19/h1-8,10H,9H2. The fourth-order valence-corrected chi connectivity index (χ4v) is 2.47. The smallest absolute Gasteiger partial charge is 0.152 e. The Morgan fingerprint density at radius 1 is 1.20 bits per heavy atom. The van der Waals surface area contributed by atoms with Gasteiger partial charge in [-0.15, -0.1) is 0 Å². The van der Waals surface area contributed by atoms with Crippen molar-refractivity contribution in [2.75, 3.05) is 0 Å². The maximum atomic E-state index is 13.5. The SMILES string of the molecule is O=Cc1cccc2ccn(Cc3ccc(Cl)c(F)c3)c12. The predicted octanol–water partition coefficient (Wildman–Crippen LogP) is 4.29. The highest BCUT2D eigenvalue weighted by molar-refractivity contribution is 6.30. The number of fused-ring (bicyclic) bond motifs is 1. The molecule has 20 heavy (non-hydrogen) atoms. The third-order valence-electron chi connectivity index (χ3n) is 3.28. The highest BCUT2D eigenvalue weighted by Gasteiger charge is 2.07. The summed E-state index contributed by atoms with van der Waals surface area (Å²) >= 11 is 5.68. The second kappa shape index (κ2) is 5.10. The molecular formula is C16H11ClFNO. The molecule has 0 unspecified atom stereocenters. The van der Waals surface area contributed by atoms with Crippen LogP contribution in [0.2, 0.25) is 5.02 Å². The number of aromatic nitrogens is 1. The van der Waals surface area contributed by atoms with Crippen LogP contribution >= 0.6 is 11.6 Å². The molecule has 100 valence electrons. The molecule has 3 rings (SSSR count). The Balaban J connectivity index is 2.06. The van der Waals surface area contributed by atoms with Gasteiger partial charge in [-0.1, -0.05) is 29.8 Å². The summed E-state index contributed by atoms with van der Waals surface area (Å²) in [5.74, 6) is -0.434. The van der Waals surface area contributed by atoms with E-state index in [2.05, 4.69) is 0 Å². The second-order valence-electron chi connectivity index (χ2n) is 4.60. The summed E-state index contributed by atoms with van der Waals surface area (Å²) in [6.45, 7) is 0.489. The van der Waals surface area contributed by atoms with Crippen molar-refractivity contribution in [2.45, 2.75) is 6.54 Å². The number of carbonyl (C=O) groups excluding carboxylic acids is 1. The van der Waals surface area contributed by atoms with E-state index in [1.54, 1.807) is 18.2 Å². The summed E-state index contributed by atoms with van der Waals surface area (Å²) in [4.78, 5) is 11.1. The van der Waals surface area contributed by atoms with Crippen molar-refractivity contribution >= 4 is 28.8 Å². The fraction of sp³-hybridized carbons (Fsp3) is 0.0625. The zero-order valence-electron chi connectivity index (χ0n) is 10.5. The molecule has 0 spiro atoms. The van der Waals surface area contributed by atoms with Crippen molar-refractivity contribution in [2.24, 2.45) is 0 Å². The van der Waals surface area contributed by atoms with Gasteiger partial charge in [-0.05, 0) is 29.8 Å². The summed E-state index contributed by atoms with van der Waals surface area (Å²) in [6, 6.07) is 12.2. The lowest BCUT2D eigenvalue weighted by Gasteiger charge is -2.08. The van der Waals surface area contributed by atoms with Gasteiger partial charge in [0.2, 0.25) is 0 Å². The molecule has 0 aliphatic carbocycles. The van der Waals surface area contributed by atoms with Crippen LogP contribution in [0.1, 0.15) is 15.9 Å². The van der Waals surface area contributed by atoms with E-state index >= 15 is 0 Å². The van der Waals surface area contributed by atoms with Gasteiger partial charge in [0.15, 0.2) is 6.29 Å². The van der Waals surface area contributed by atoms with Gasteiger partial charge in [-0.2, -0.15) is 0 Å². The molecule has 0 radical (unpaired) electrons. The molecule has 1 aromatic heterocycles. The molecule has 0 bridgehead atoms. The molecule has 4 heteroatoms. The Bertz CT molecular complexity index is 794. The molecule has 0 aliphatic rings. The van der Waals surface area contributed by atoms with Crippen molar-refractivity contribution in [3.63, 3.8) is 0 Å². The first-order valence-electron chi connectivity index (χ1n) is 6.16. The number of halogens is 2. The molecule has 2 aromatic carbocycles. The zero-order valence-corrected chi connectivity index (χ0v) is 11.3. The number of hydrogen-bond donors (Lipinski definition) is 0. The third-order valence-corrected chi connectivity index (χ3v) is 3.59. The predicted molar refractivity (Wildman–Crippen MR) is 77.8 cm³/mol. The van der Waals surface area contributed by atoms with E-state index in [-0.39, 0.29) is 5.02 Å². The van der Waals surface area contributed by atoms with Crippen molar-refractivity contribution in [3.05, 3.63) is 70.6 Å². The van der Waals surface area contributed by atoms with Crippen molar-refractivity contribution in [1.29, 1.82) is 0 Å². The summed E-state index contributed by atoms with van der Waals surface area (Å²) < 4.78 is 15.4. The highest BCUT2D eigenvalue weighted by Crippen LogP contribution is 2.22. The molecule has 0 saturated carbocycles. The Labute approximate surface area is 120 Å². The Kier molecular flexibility index (Phi) is 3.28. The van der Waals surface area contributed by atoms with E-state index in [0.717, 1.165) is 22.8 Å². The number of hydrogen-bond acceptors (Lipinski definition) is 1. The minimum Gasteiger partial charge on any atom is -0.342 e. The highest BCUT2D eigenvalue weighted by atomic mass is 35.5. The molecule has 1 heterocycles. The molecule has 3 aromatic rings. The summed E-state index contributed by atoms with van der Waals surface area (Å²) in [5.41, 5.74) is 2.28. The second-order valence-corrected chi connectivity index (χ2v) is 5.00. The lowest BCUT2D eigenvalue weighted by molar-refractivity contribution is 0.112. The molecular weight excluding hydrogens is 277 g/mol. The van der Waals surface area contributed by atoms with Gasteiger partial charge in [0, 0.05) is 23.7 Å². The first-order valence-corrected chi connectivity index (χ1v) is 6.54. The fourth-order valence-electron chi connectivity index (χ4n) is 2.35. The number of nitrogens with zero attached hydrogens (tertiary/aromatic N) is 1. The molecule has 0 saturated heterocycles.